The second-order valence-corrected chi connectivity index (χ2v) is 4.15. The lowest BCUT2D eigenvalue weighted by Gasteiger charge is -2.09. The molecule has 17 heavy (non-hydrogen) atoms. The normalized spacial score (nSPS) is 10.3. The molecule has 0 saturated carbocycles. The van der Waals surface area contributed by atoms with Crippen LogP contribution in [0.15, 0.2) is 24.5 Å². The van der Waals surface area contributed by atoms with Crippen LogP contribution in [0.4, 0.5) is 0 Å². The summed E-state index contributed by atoms with van der Waals surface area (Å²) in [7, 11) is 0. The van der Waals surface area contributed by atoms with Crippen molar-refractivity contribution >= 4 is 17.9 Å². The molecule has 0 aliphatic heterocycles. The van der Waals surface area contributed by atoms with Crippen LogP contribution in [0.2, 0.25) is 5.15 Å². The summed E-state index contributed by atoms with van der Waals surface area (Å²) < 4.78 is 0. The van der Waals surface area contributed by atoms with Crippen molar-refractivity contribution in [3.63, 3.8) is 0 Å². The lowest BCUT2D eigenvalue weighted by molar-refractivity contribution is 0.112. The van der Waals surface area contributed by atoms with E-state index in [-0.39, 0.29) is 5.15 Å². The summed E-state index contributed by atoms with van der Waals surface area (Å²) in [5, 5.41) is 0.186. The average Bonchev–Trinajstić information content (AvgIpc) is 2.32. The van der Waals surface area contributed by atoms with Crippen LogP contribution in [0, 0.1) is 13.8 Å². The maximum absolute atomic E-state index is 11.1. The molecule has 1 aromatic carbocycles. The molecule has 3 nitrogen and oxygen atoms in total. The Morgan fingerprint density at radius 3 is 2.71 bits per heavy atom. The molecule has 4 heteroatoms. The van der Waals surface area contributed by atoms with Gasteiger partial charge in [0.2, 0.25) is 0 Å². The van der Waals surface area contributed by atoms with Gasteiger partial charge in [-0.1, -0.05) is 29.8 Å². The Bertz CT molecular complexity index is 582. The highest BCUT2D eigenvalue weighted by molar-refractivity contribution is 6.32. The fraction of sp³-hybridized carbons (Fsp3) is 0.154. The molecule has 1 aromatic heterocycles. The molecule has 0 aliphatic rings. The number of hydrogen-bond acceptors (Lipinski definition) is 3. The number of carbonyl (C=O) groups is 1. The molecule has 0 radical (unpaired) electrons. The standard InChI is InChI=1S/C13H11ClN2O/c1-8-4-3-5-10(9(8)2)12-11(6-17)13(14)16-7-15-12/h3-7H,1-2H3. The molecule has 1 heterocycles. The van der Waals surface area contributed by atoms with Gasteiger partial charge in [0.05, 0.1) is 11.3 Å². The smallest absolute Gasteiger partial charge is 0.155 e. The minimum atomic E-state index is 0.186. The maximum Gasteiger partial charge on any atom is 0.155 e. The van der Waals surface area contributed by atoms with E-state index in [9.17, 15) is 4.79 Å². The number of aldehydes is 1. The van der Waals surface area contributed by atoms with E-state index in [4.69, 9.17) is 11.6 Å². The summed E-state index contributed by atoms with van der Waals surface area (Å²) in [6.45, 7) is 4.01. The third kappa shape index (κ3) is 2.06. The Labute approximate surface area is 104 Å². The van der Waals surface area contributed by atoms with E-state index in [1.807, 2.05) is 32.0 Å². The first-order valence-electron chi connectivity index (χ1n) is 5.17. The van der Waals surface area contributed by atoms with Gasteiger partial charge >= 0.3 is 0 Å². The molecule has 0 N–H and O–H groups in total. The largest absolute Gasteiger partial charge is 0.298 e. The van der Waals surface area contributed by atoms with Crippen molar-refractivity contribution in [3.05, 3.63) is 46.4 Å². The second kappa shape index (κ2) is 4.63. The van der Waals surface area contributed by atoms with Crippen molar-refractivity contribution in [2.45, 2.75) is 13.8 Å². The van der Waals surface area contributed by atoms with E-state index in [0.717, 1.165) is 16.7 Å². The molecule has 0 spiro atoms. The van der Waals surface area contributed by atoms with Crippen LogP contribution >= 0.6 is 11.6 Å². The van der Waals surface area contributed by atoms with Crippen LogP contribution in [-0.4, -0.2) is 16.3 Å². The van der Waals surface area contributed by atoms with Crippen LogP contribution < -0.4 is 0 Å². The number of halogens is 1. The van der Waals surface area contributed by atoms with Crippen molar-refractivity contribution < 1.29 is 4.79 Å². The molecule has 2 aromatic rings. The number of nitrogens with zero attached hydrogens (tertiary/aromatic N) is 2. The third-order valence-corrected chi connectivity index (χ3v) is 3.11. The first-order chi connectivity index (χ1) is 8.15. The number of benzene rings is 1. The first kappa shape index (κ1) is 11.7. The van der Waals surface area contributed by atoms with Gasteiger partial charge in [0.1, 0.15) is 11.5 Å². The molecule has 0 atom stereocenters. The second-order valence-electron chi connectivity index (χ2n) is 3.79. The number of rotatable bonds is 2. The predicted octanol–water partition coefficient (Wildman–Crippen LogP) is 3.23. The van der Waals surface area contributed by atoms with Gasteiger partial charge in [-0.3, -0.25) is 4.79 Å². The highest BCUT2D eigenvalue weighted by atomic mass is 35.5. The van der Waals surface area contributed by atoms with Gasteiger partial charge < -0.3 is 0 Å². The lowest BCUT2D eigenvalue weighted by Crippen LogP contribution is -1.97. The Kier molecular flexibility index (Phi) is 3.20. The number of aryl methyl sites for hydroxylation is 1. The van der Waals surface area contributed by atoms with Crippen LogP contribution in [0.1, 0.15) is 21.5 Å². The number of aromatic nitrogens is 2. The van der Waals surface area contributed by atoms with E-state index < -0.39 is 0 Å². The summed E-state index contributed by atoms with van der Waals surface area (Å²) in [4.78, 5) is 19.0. The van der Waals surface area contributed by atoms with Gasteiger partial charge in [-0.15, -0.1) is 0 Å². The molecule has 0 bridgehead atoms. The minimum Gasteiger partial charge on any atom is -0.298 e. The summed E-state index contributed by atoms with van der Waals surface area (Å²) in [5.74, 6) is 0. The van der Waals surface area contributed by atoms with Crippen molar-refractivity contribution in [2.24, 2.45) is 0 Å². The van der Waals surface area contributed by atoms with Gasteiger partial charge in [-0.25, -0.2) is 9.97 Å². The molecule has 0 saturated heterocycles. The predicted molar refractivity (Wildman–Crippen MR) is 67.3 cm³/mol. The van der Waals surface area contributed by atoms with Gasteiger partial charge in [0.15, 0.2) is 6.29 Å². The van der Waals surface area contributed by atoms with Gasteiger partial charge in [-0.2, -0.15) is 0 Å². The maximum atomic E-state index is 11.1. The Hall–Kier alpha value is -1.74. The van der Waals surface area contributed by atoms with Crippen LogP contribution in [0.3, 0.4) is 0 Å². The number of hydrogen-bond donors (Lipinski definition) is 0. The lowest BCUT2D eigenvalue weighted by atomic mass is 9.99. The van der Waals surface area contributed by atoms with Crippen molar-refractivity contribution in [1.82, 2.24) is 9.97 Å². The summed E-state index contributed by atoms with van der Waals surface area (Å²) in [6.07, 6.45) is 2.06. The Morgan fingerprint density at radius 2 is 2.00 bits per heavy atom. The molecule has 0 amide bonds. The average molecular weight is 247 g/mol. The Balaban J connectivity index is 2.73. The van der Waals surface area contributed by atoms with Gasteiger partial charge in [0.25, 0.3) is 0 Å². The molecule has 0 fully saturated rings. The van der Waals surface area contributed by atoms with E-state index in [0.29, 0.717) is 17.5 Å². The highest BCUT2D eigenvalue weighted by Gasteiger charge is 2.13. The SMILES string of the molecule is Cc1cccc(-c2ncnc(Cl)c2C=O)c1C. The molecule has 0 unspecified atom stereocenters. The minimum absolute atomic E-state index is 0.186. The molecule has 0 aliphatic carbocycles. The Morgan fingerprint density at radius 1 is 1.24 bits per heavy atom. The fourth-order valence-corrected chi connectivity index (χ4v) is 1.88. The van der Waals surface area contributed by atoms with Crippen molar-refractivity contribution in [3.8, 4) is 11.3 Å². The highest BCUT2D eigenvalue weighted by Crippen LogP contribution is 2.28. The van der Waals surface area contributed by atoms with E-state index in [1.165, 1.54) is 6.33 Å². The molecular formula is C13H11ClN2O. The zero-order valence-electron chi connectivity index (χ0n) is 9.57. The van der Waals surface area contributed by atoms with Crippen LogP contribution in [0.5, 0.6) is 0 Å². The van der Waals surface area contributed by atoms with Gasteiger partial charge in [-0.05, 0) is 25.0 Å². The van der Waals surface area contributed by atoms with E-state index in [2.05, 4.69) is 9.97 Å². The fourth-order valence-electron chi connectivity index (χ4n) is 1.70. The zero-order chi connectivity index (χ0) is 12.4. The topological polar surface area (TPSA) is 42.9 Å². The van der Waals surface area contributed by atoms with Crippen LogP contribution in [-0.2, 0) is 0 Å². The summed E-state index contributed by atoms with van der Waals surface area (Å²) >= 11 is 5.89. The zero-order valence-corrected chi connectivity index (χ0v) is 10.3. The number of carbonyl (C=O) groups excluding carboxylic acids is 1. The molecule has 86 valence electrons. The van der Waals surface area contributed by atoms with Crippen molar-refractivity contribution in [2.75, 3.05) is 0 Å². The third-order valence-electron chi connectivity index (χ3n) is 2.81. The van der Waals surface area contributed by atoms with E-state index in [1.54, 1.807) is 0 Å². The summed E-state index contributed by atoms with van der Waals surface area (Å²) in [6, 6.07) is 5.87. The van der Waals surface area contributed by atoms with Crippen LogP contribution in [0.25, 0.3) is 11.3 Å². The monoisotopic (exact) mass is 246 g/mol. The molecular weight excluding hydrogens is 236 g/mol. The molecule has 2 rings (SSSR count). The van der Waals surface area contributed by atoms with Gasteiger partial charge in [0, 0.05) is 5.56 Å². The van der Waals surface area contributed by atoms with E-state index >= 15 is 0 Å². The quantitative estimate of drug-likeness (QED) is 0.604. The van der Waals surface area contributed by atoms with Crippen molar-refractivity contribution in [1.29, 1.82) is 0 Å². The summed E-state index contributed by atoms with van der Waals surface area (Å²) in [5.41, 5.74) is 4.07. The first-order valence-corrected chi connectivity index (χ1v) is 5.55.